The molecular weight excluding hydrogens is 360 g/mol. The lowest BCUT2D eigenvalue weighted by atomic mass is 9.85. The molecule has 0 aliphatic rings. The molecule has 0 radical (unpaired) electrons. The quantitative estimate of drug-likeness (QED) is 0.458. The molecule has 0 fully saturated rings. The van der Waals surface area contributed by atoms with Crippen LogP contribution in [0, 0.1) is 11.3 Å². The van der Waals surface area contributed by atoms with Gasteiger partial charge >= 0.3 is 0 Å². The molecule has 0 saturated heterocycles. The van der Waals surface area contributed by atoms with Gasteiger partial charge < -0.3 is 21.7 Å². The monoisotopic (exact) mass is 398 g/mol. The number of primary amides is 1. The first-order valence-corrected chi connectivity index (χ1v) is 9.66. The van der Waals surface area contributed by atoms with Gasteiger partial charge in [0.1, 0.15) is 6.04 Å². The molecule has 0 rings (SSSR count). The number of ketones is 1. The molecule has 8 heteroatoms. The Morgan fingerprint density at radius 2 is 1.36 bits per heavy atom. The summed E-state index contributed by atoms with van der Waals surface area (Å²) in [5.41, 5.74) is 4.19. The summed E-state index contributed by atoms with van der Waals surface area (Å²) >= 11 is 0. The van der Waals surface area contributed by atoms with Gasteiger partial charge in [0.25, 0.3) is 0 Å². The zero-order chi connectivity index (χ0) is 22.4. The first-order chi connectivity index (χ1) is 12.5. The fraction of sp³-hybridized carbons (Fsp3) is 0.800. The summed E-state index contributed by atoms with van der Waals surface area (Å²) < 4.78 is 0. The molecule has 28 heavy (non-hydrogen) atoms. The predicted molar refractivity (Wildman–Crippen MR) is 109 cm³/mol. The Bertz CT molecular complexity index is 588. The standard InChI is InChI=1S/C20H38N4O4/c1-11(2)15(24-20(7,8)9)18(28)22-12(3)17(27)23-13(10-14(21)25)16(26)19(4,5)6/h11-13,15,24H,10H2,1-9H3,(H2,21,25)(H,22,28)(H,23,27)/t12-,13-,15-/m0/s1. The molecule has 162 valence electrons. The van der Waals surface area contributed by atoms with Crippen molar-refractivity contribution < 1.29 is 19.2 Å². The molecular formula is C20H38N4O4. The van der Waals surface area contributed by atoms with Crippen molar-refractivity contribution in [2.24, 2.45) is 17.1 Å². The van der Waals surface area contributed by atoms with Gasteiger partial charge in [0.15, 0.2) is 5.78 Å². The molecule has 0 heterocycles. The van der Waals surface area contributed by atoms with Crippen molar-refractivity contribution in [3.8, 4) is 0 Å². The Kier molecular flexibility index (Phi) is 9.30. The van der Waals surface area contributed by atoms with Gasteiger partial charge in [-0.2, -0.15) is 0 Å². The van der Waals surface area contributed by atoms with Crippen LogP contribution in [0.4, 0.5) is 0 Å². The third-order valence-corrected chi connectivity index (χ3v) is 4.07. The van der Waals surface area contributed by atoms with Crippen LogP contribution in [-0.2, 0) is 19.2 Å². The van der Waals surface area contributed by atoms with Gasteiger partial charge in [-0.25, -0.2) is 0 Å². The van der Waals surface area contributed by atoms with Crippen LogP contribution in [0.2, 0.25) is 0 Å². The minimum atomic E-state index is -1.03. The van der Waals surface area contributed by atoms with Crippen molar-refractivity contribution in [3.63, 3.8) is 0 Å². The van der Waals surface area contributed by atoms with Gasteiger partial charge in [-0.1, -0.05) is 34.6 Å². The zero-order valence-electron chi connectivity index (χ0n) is 18.7. The Balaban J connectivity index is 5.18. The van der Waals surface area contributed by atoms with Crippen molar-refractivity contribution in [2.75, 3.05) is 0 Å². The van der Waals surface area contributed by atoms with Gasteiger partial charge in [-0.3, -0.25) is 19.2 Å². The average Bonchev–Trinajstić information content (AvgIpc) is 2.48. The van der Waals surface area contributed by atoms with Crippen LogP contribution in [0.1, 0.15) is 68.7 Å². The third kappa shape index (κ3) is 9.30. The number of nitrogens with two attached hydrogens (primary N) is 1. The van der Waals surface area contributed by atoms with E-state index in [9.17, 15) is 19.2 Å². The molecule has 3 atom stereocenters. The van der Waals surface area contributed by atoms with E-state index in [0.29, 0.717) is 0 Å². The lowest BCUT2D eigenvalue weighted by Gasteiger charge is -2.31. The first kappa shape index (κ1) is 26.0. The second-order valence-electron chi connectivity index (χ2n) is 9.69. The summed E-state index contributed by atoms with van der Waals surface area (Å²) in [6, 6.07) is -2.38. The molecule has 3 amide bonds. The highest BCUT2D eigenvalue weighted by molar-refractivity contribution is 5.97. The van der Waals surface area contributed by atoms with E-state index in [-0.39, 0.29) is 29.6 Å². The predicted octanol–water partition coefficient (Wildman–Crippen LogP) is 0.879. The first-order valence-electron chi connectivity index (χ1n) is 9.66. The molecule has 0 aromatic rings. The van der Waals surface area contributed by atoms with Gasteiger partial charge in [0.05, 0.1) is 18.5 Å². The van der Waals surface area contributed by atoms with Crippen molar-refractivity contribution in [2.45, 2.75) is 92.4 Å². The van der Waals surface area contributed by atoms with Crippen molar-refractivity contribution in [3.05, 3.63) is 0 Å². The van der Waals surface area contributed by atoms with Crippen LogP contribution < -0.4 is 21.7 Å². The minimum Gasteiger partial charge on any atom is -0.370 e. The summed E-state index contributed by atoms with van der Waals surface area (Å²) in [7, 11) is 0. The number of hydrogen-bond acceptors (Lipinski definition) is 5. The molecule has 0 aromatic carbocycles. The molecule has 0 spiro atoms. The van der Waals surface area contributed by atoms with E-state index in [0.717, 1.165) is 0 Å². The Hall–Kier alpha value is -1.96. The number of carbonyl (C=O) groups excluding carboxylic acids is 4. The Morgan fingerprint density at radius 3 is 1.71 bits per heavy atom. The maximum Gasteiger partial charge on any atom is 0.242 e. The van der Waals surface area contributed by atoms with Crippen molar-refractivity contribution in [1.29, 1.82) is 0 Å². The number of Topliss-reactive ketones (excluding diaryl/α,β-unsaturated/α-hetero) is 1. The van der Waals surface area contributed by atoms with E-state index in [1.54, 1.807) is 20.8 Å². The van der Waals surface area contributed by atoms with Crippen LogP contribution >= 0.6 is 0 Å². The van der Waals surface area contributed by atoms with E-state index >= 15 is 0 Å². The summed E-state index contributed by atoms with van der Waals surface area (Å²) in [6.07, 6.45) is -0.289. The molecule has 0 saturated carbocycles. The van der Waals surface area contributed by atoms with Crippen LogP contribution in [0.5, 0.6) is 0 Å². The fourth-order valence-electron chi connectivity index (χ4n) is 2.60. The van der Waals surface area contributed by atoms with Crippen LogP contribution in [0.25, 0.3) is 0 Å². The summed E-state index contributed by atoms with van der Waals surface area (Å²) in [5.74, 6) is -1.82. The molecule has 8 nitrogen and oxygen atoms in total. The summed E-state index contributed by atoms with van der Waals surface area (Å²) in [6.45, 7) is 16.3. The van der Waals surface area contributed by atoms with E-state index in [2.05, 4.69) is 16.0 Å². The van der Waals surface area contributed by atoms with Gasteiger partial charge in [-0.15, -0.1) is 0 Å². The van der Waals surface area contributed by atoms with E-state index < -0.39 is 35.4 Å². The van der Waals surface area contributed by atoms with E-state index in [4.69, 9.17) is 5.73 Å². The van der Waals surface area contributed by atoms with Crippen LogP contribution in [-0.4, -0.2) is 47.2 Å². The second kappa shape index (κ2) is 10.0. The average molecular weight is 399 g/mol. The van der Waals surface area contributed by atoms with Crippen molar-refractivity contribution >= 4 is 23.5 Å². The zero-order valence-corrected chi connectivity index (χ0v) is 18.7. The fourth-order valence-corrected chi connectivity index (χ4v) is 2.60. The lowest BCUT2D eigenvalue weighted by molar-refractivity contribution is -0.136. The molecule has 0 bridgehead atoms. The Labute approximate surface area is 168 Å². The van der Waals surface area contributed by atoms with Crippen LogP contribution in [0.15, 0.2) is 0 Å². The summed E-state index contributed by atoms with van der Waals surface area (Å²) in [4.78, 5) is 49.0. The van der Waals surface area contributed by atoms with Gasteiger partial charge in [0, 0.05) is 11.0 Å². The normalized spacial score (nSPS) is 15.5. The summed E-state index contributed by atoms with van der Waals surface area (Å²) in [5, 5.41) is 8.48. The number of carbonyl (C=O) groups is 4. The van der Waals surface area contributed by atoms with Gasteiger partial charge in [-0.05, 0) is 33.6 Å². The van der Waals surface area contributed by atoms with E-state index in [1.165, 1.54) is 6.92 Å². The van der Waals surface area contributed by atoms with Crippen LogP contribution in [0.3, 0.4) is 0 Å². The number of amides is 3. The SMILES string of the molecule is CC(C)[C@H](NC(C)(C)C)C(=O)N[C@@H](C)C(=O)N[C@@H](CC(N)=O)C(=O)C(C)(C)C. The minimum absolute atomic E-state index is 0.0135. The highest BCUT2D eigenvalue weighted by Gasteiger charge is 2.34. The van der Waals surface area contributed by atoms with E-state index in [1.807, 2.05) is 34.6 Å². The van der Waals surface area contributed by atoms with Crippen molar-refractivity contribution in [1.82, 2.24) is 16.0 Å². The number of rotatable bonds is 9. The number of hydrogen-bond donors (Lipinski definition) is 4. The highest BCUT2D eigenvalue weighted by atomic mass is 16.2. The highest BCUT2D eigenvalue weighted by Crippen LogP contribution is 2.18. The Morgan fingerprint density at radius 1 is 0.857 bits per heavy atom. The molecule has 0 aromatic heterocycles. The second-order valence-corrected chi connectivity index (χ2v) is 9.69. The molecule has 0 unspecified atom stereocenters. The molecule has 0 aliphatic carbocycles. The van der Waals surface area contributed by atoms with Gasteiger partial charge in [0.2, 0.25) is 17.7 Å². The maximum absolute atomic E-state index is 12.6. The smallest absolute Gasteiger partial charge is 0.242 e. The topological polar surface area (TPSA) is 130 Å². The molecule has 5 N–H and O–H groups in total. The lowest BCUT2D eigenvalue weighted by Crippen LogP contribution is -2.58. The number of nitrogens with one attached hydrogen (secondary N) is 3. The third-order valence-electron chi connectivity index (χ3n) is 4.07. The largest absolute Gasteiger partial charge is 0.370 e. The molecule has 0 aliphatic heterocycles. The maximum atomic E-state index is 12.6.